The third-order valence-corrected chi connectivity index (χ3v) is 1.22. The Hall–Kier alpha value is -1.36. The molecule has 12 heavy (non-hydrogen) atoms. The van der Waals surface area contributed by atoms with E-state index in [1.807, 2.05) is 0 Å². The normalized spacial score (nSPS) is 12.5. The van der Waals surface area contributed by atoms with Gasteiger partial charge in [-0.05, 0) is 6.92 Å². The molecule has 0 aliphatic carbocycles. The Morgan fingerprint density at radius 1 is 1.92 bits per heavy atom. The number of hydrogen-bond acceptors (Lipinski definition) is 4. The van der Waals surface area contributed by atoms with E-state index in [1.54, 1.807) is 6.92 Å². The zero-order valence-electron chi connectivity index (χ0n) is 6.78. The molecule has 1 atom stereocenters. The average molecular weight is 169 g/mol. The summed E-state index contributed by atoms with van der Waals surface area (Å²) in [6, 6.07) is -0.134. The van der Waals surface area contributed by atoms with Gasteiger partial charge in [-0.15, -0.1) is 0 Å². The zero-order chi connectivity index (χ0) is 8.97. The number of nitrogens with two attached hydrogens (primary N) is 1. The van der Waals surface area contributed by atoms with Crippen molar-refractivity contribution in [2.45, 2.75) is 19.4 Å². The number of anilines is 1. The molecule has 1 aromatic heterocycles. The number of hydrogen-bond donors (Lipinski definition) is 2. The predicted molar refractivity (Wildman–Crippen MR) is 43.4 cm³/mol. The first-order valence-electron chi connectivity index (χ1n) is 3.63. The van der Waals surface area contributed by atoms with Crippen LogP contribution < -0.4 is 11.1 Å². The van der Waals surface area contributed by atoms with E-state index in [2.05, 4.69) is 15.0 Å². The van der Waals surface area contributed by atoms with Gasteiger partial charge in [-0.25, -0.2) is 0 Å². The molecule has 1 amide bonds. The van der Waals surface area contributed by atoms with Crippen molar-refractivity contribution in [2.24, 2.45) is 5.73 Å². The Labute approximate surface area is 69.9 Å². The van der Waals surface area contributed by atoms with Crippen LogP contribution >= 0.6 is 0 Å². The van der Waals surface area contributed by atoms with Crippen molar-refractivity contribution in [3.8, 4) is 0 Å². The SMILES string of the molecule is CC(N)CC(=O)Nc1cnoc1. The Kier molecular flexibility index (Phi) is 2.82. The zero-order valence-corrected chi connectivity index (χ0v) is 6.78. The first-order valence-corrected chi connectivity index (χ1v) is 3.63. The predicted octanol–water partition coefficient (Wildman–Crippen LogP) is 0.350. The first-order chi connectivity index (χ1) is 5.68. The van der Waals surface area contributed by atoms with Crippen LogP contribution in [0.25, 0.3) is 0 Å². The van der Waals surface area contributed by atoms with Crippen molar-refractivity contribution >= 4 is 11.6 Å². The van der Waals surface area contributed by atoms with Crippen LogP contribution in [0.5, 0.6) is 0 Å². The van der Waals surface area contributed by atoms with Gasteiger partial charge in [-0.3, -0.25) is 4.79 Å². The van der Waals surface area contributed by atoms with Gasteiger partial charge in [0, 0.05) is 12.5 Å². The molecule has 3 N–H and O–H groups in total. The molecule has 0 saturated heterocycles. The Morgan fingerprint density at radius 2 is 2.67 bits per heavy atom. The second-order valence-corrected chi connectivity index (χ2v) is 2.64. The largest absolute Gasteiger partial charge is 0.363 e. The maximum absolute atomic E-state index is 11.1. The monoisotopic (exact) mass is 169 g/mol. The number of carbonyl (C=O) groups excluding carboxylic acids is 1. The maximum Gasteiger partial charge on any atom is 0.226 e. The van der Waals surface area contributed by atoms with E-state index < -0.39 is 0 Å². The minimum atomic E-state index is -0.134. The molecular weight excluding hydrogens is 158 g/mol. The highest BCUT2D eigenvalue weighted by Gasteiger charge is 2.05. The number of carbonyl (C=O) groups is 1. The molecule has 5 nitrogen and oxygen atoms in total. The Bertz CT molecular complexity index is 243. The van der Waals surface area contributed by atoms with Crippen LogP contribution in [-0.4, -0.2) is 17.1 Å². The van der Waals surface area contributed by atoms with Crippen molar-refractivity contribution in [1.82, 2.24) is 5.16 Å². The molecule has 1 heterocycles. The van der Waals surface area contributed by atoms with E-state index >= 15 is 0 Å². The lowest BCUT2D eigenvalue weighted by Crippen LogP contribution is -2.23. The summed E-state index contributed by atoms with van der Waals surface area (Å²) >= 11 is 0. The first kappa shape index (κ1) is 8.73. The molecule has 1 aromatic rings. The topological polar surface area (TPSA) is 81.2 Å². The van der Waals surface area contributed by atoms with Crippen LogP contribution in [0.3, 0.4) is 0 Å². The molecule has 0 bridgehead atoms. The van der Waals surface area contributed by atoms with Crippen LogP contribution in [0.15, 0.2) is 17.0 Å². The van der Waals surface area contributed by atoms with E-state index in [4.69, 9.17) is 5.73 Å². The molecule has 0 radical (unpaired) electrons. The molecule has 0 aliphatic heterocycles. The summed E-state index contributed by atoms with van der Waals surface area (Å²) in [7, 11) is 0. The van der Waals surface area contributed by atoms with Crippen molar-refractivity contribution in [3.05, 3.63) is 12.5 Å². The summed E-state index contributed by atoms with van der Waals surface area (Å²) in [4.78, 5) is 11.1. The minimum absolute atomic E-state index is 0.131. The molecule has 0 spiro atoms. The average Bonchev–Trinajstić information content (AvgIpc) is 2.37. The number of amides is 1. The van der Waals surface area contributed by atoms with Crippen molar-refractivity contribution in [2.75, 3.05) is 5.32 Å². The van der Waals surface area contributed by atoms with Gasteiger partial charge in [0.1, 0.15) is 12.0 Å². The maximum atomic E-state index is 11.1. The summed E-state index contributed by atoms with van der Waals surface area (Å²) < 4.78 is 4.52. The second kappa shape index (κ2) is 3.87. The highest BCUT2D eigenvalue weighted by Crippen LogP contribution is 2.04. The van der Waals surface area contributed by atoms with E-state index in [0.29, 0.717) is 12.1 Å². The lowest BCUT2D eigenvalue weighted by atomic mass is 10.2. The van der Waals surface area contributed by atoms with Gasteiger partial charge in [0.25, 0.3) is 0 Å². The number of nitrogens with zero attached hydrogens (tertiary/aromatic N) is 1. The summed E-state index contributed by atoms with van der Waals surface area (Å²) in [5, 5.41) is 6.01. The molecule has 66 valence electrons. The van der Waals surface area contributed by atoms with Crippen LogP contribution in [0.1, 0.15) is 13.3 Å². The Balaban J connectivity index is 2.37. The van der Waals surface area contributed by atoms with Crippen LogP contribution in [0.2, 0.25) is 0 Å². The van der Waals surface area contributed by atoms with Gasteiger partial charge in [0.2, 0.25) is 5.91 Å². The molecule has 1 rings (SSSR count). The van der Waals surface area contributed by atoms with E-state index in [1.165, 1.54) is 12.5 Å². The van der Waals surface area contributed by atoms with Gasteiger partial charge in [0.15, 0.2) is 0 Å². The van der Waals surface area contributed by atoms with Gasteiger partial charge in [-0.1, -0.05) is 5.16 Å². The van der Waals surface area contributed by atoms with Crippen molar-refractivity contribution in [1.29, 1.82) is 0 Å². The standard InChI is InChI=1S/C7H11N3O2/c1-5(8)2-7(11)10-6-3-9-12-4-6/h3-5H,2,8H2,1H3,(H,10,11). The molecular formula is C7H11N3O2. The summed E-state index contributed by atoms with van der Waals surface area (Å²) in [5.41, 5.74) is 5.98. The Morgan fingerprint density at radius 3 is 3.17 bits per heavy atom. The molecule has 0 fully saturated rings. The van der Waals surface area contributed by atoms with Crippen LogP contribution in [0, 0.1) is 0 Å². The lowest BCUT2D eigenvalue weighted by Gasteiger charge is -2.03. The van der Waals surface area contributed by atoms with Crippen LogP contribution in [0.4, 0.5) is 5.69 Å². The lowest BCUT2D eigenvalue weighted by molar-refractivity contribution is -0.116. The molecule has 1 unspecified atom stereocenters. The minimum Gasteiger partial charge on any atom is -0.363 e. The summed E-state index contributed by atoms with van der Waals surface area (Å²) in [6.07, 6.45) is 3.09. The summed E-state index contributed by atoms with van der Waals surface area (Å²) in [5.74, 6) is -0.131. The van der Waals surface area contributed by atoms with Gasteiger partial charge in [0.05, 0.1) is 6.20 Å². The molecule has 0 aliphatic rings. The number of nitrogens with one attached hydrogen (secondary N) is 1. The third-order valence-electron chi connectivity index (χ3n) is 1.22. The van der Waals surface area contributed by atoms with Gasteiger partial charge >= 0.3 is 0 Å². The van der Waals surface area contributed by atoms with E-state index in [9.17, 15) is 4.79 Å². The summed E-state index contributed by atoms with van der Waals surface area (Å²) in [6.45, 7) is 1.77. The number of rotatable bonds is 3. The van der Waals surface area contributed by atoms with E-state index in [-0.39, 0.29) is 11.9 Å². The van der Waals surface area contributed by atoms with Crippen LogP contribution in [-0.2, 0) is 4.79 Å². The number of aromatic nitrogens is 1. The van der Waals surface area contributed by atoms with Crippen molar-refractivity contribution in [3.63, 3.8) is 0 Å². The highest BCUT2D eigenvalue weighted by atomic mass is 16.5. The van der Waals surface area contributed by atoms with Gasteiger partial charge < -0.3 is 15.6 Å². The molecule has 0 aromatic carbocycles. The third kappa shape index (κ3) is 2.71. The fourth-order valence-electron chi connectivity index (χ4n) is 0.771. The quantitative estimate of drug-likeness (QED) is 0.684. The smallest absolute Gasteiger partial charge is 0.226 e. The van der Waals surface area contributed by atoms with Crippen molar-refractivity contribution < 1.29 is 9.32 Å². The fourth-order valence-corrected chi connectivity index (χ4v) is 0.771. The van der Waals surface area contributed by atoms with Gasteiger partial charge in [-0.2, -0.15) is 0 Å². The molecule has 0 saturated carbocycles. The van der Waals surface area contributed by atoms with E-state index in [0.717, 1.165) is 0 Å². The highest BCUT2D eigenvalue weighted by molar-refractivity contribution is 5.90. The second-order valence-electron chi connectivity index (χ2n) is 2.64. The fraction of sp³-hybridized carbons (Fsp3) is 0.429. The molecule has 5 heteroatoms.